The van der Waals surface area contributed by atoms with Crippen molar-refractivity contribution in [3.05, 3.63) is 65.2 Å². The summed E-state index contributed by atoms with van der Waals surface area (Å²) in [7, 11) is 4.09. The third-order valence-electron chi connectivity index (χ3n) is 5.19. The minimum Gasteiger partial charge on any atom is -0.378 e. The van der Waals surface area contributed by atoms with E-state index in [0.717, 1.165) is 31.9 Å². The fraction of sp³-hybridized carbons (Fsp3) is 0.409. The monoisotopic (exact) mass is 368 g/mol. The molecule has 1 aliphatic rings. The van der Waals surface area contributed by atoms with Crippen LogP contribution in [0, 0.1) is 6.92 Å². The van der Waals surface area contributed by atoms with Crippen LogP contribution in [0.1, 0.15) is 27.5 Å². The highest BCUT2D eigenvalue weighted by atomic mass is 16.5. The molecule has 1 heterocycles. The Balaban J connectivity index is 1.74. The summed E-state index contributed by atoms with van der Waals surface area (Å²) >= 11 is 0. The average molecular weight is 369 g/mol. The van der Waals surface area contributed by atoms with Crippen molar-refractivity contribution in [3.63, 3.8) is 0 Å². The molecule has 1 fully saturated rings. The van der Waals surface area contributed by atoms with Crippen LogP contribution in [0.2, 0.25) is 0 Å². The van der Waals surface area contributed by atoms with Crippen molar-refractivity contribution < 1.29 is 14.4 Å². The minimum atomic E-state index is -0.0127. The summed E-state index contributed by atoms with van der Waals surface area (Å²) in [5.41, 5.74) is 4.24. The van der Waals surface area contributed by atoms with E-state index in [2.05, 4.69) is 34.5 Å². The van der Waals surface area contributed by atoms with Gasteiger partial charge < -0.3 is 19.9 Å². The molecule has 144 valence electrons. The van der Waals surface area contributed by atoms with Gasteiger partial charge in [0.25, 0.3) is 5.91 Å². The summed E-state index contributed by atoms with van der Waals surface area (Å²) in [6, 6.07) is 16.6. The molecule has 27 heavy (non-hydrogen) atoms. The maximum absolute atomic E-state index is 12.6. The minimum absolute atomic E-state index is 0.0127. The van der Waals surface area contributed by atoms with Gasteiger partial charge in [-0.05, 0) is 31.2 Å². The van der Waals surface area contributed by atoms with Crippen molar-refractivity contribution in [2.24, 2.45) is 0 Å². The molecule has 2 N–H and O–H groups in total. The fourth-order valence-electron chi connectivity index (χ4n) is 3.57. The molecule has 0 radical (unpaired) electrons. The SMILES string of the molecule is Cc1cccc(C(=O)NC[C@@H](c2ccc(N(C)C)cc2)[NH+]2CCOCC2)c1. The van der Waals surface area contributed by atoms with Gasteiger partial charge in [-0.25, -0.2) is 0 Å². The summed E-state index contributed by atoms with van der Waals surface area (Å²) in [5, 5.41) is 3.15. The number of hydrogen-bond donors (Lipinski definition) is 2. The van der Waals surface area contributed by atoms with Gasteiger partial charge >= 0.3 is 0 Å². The van der Waals surface area contributed by atoms with Gasteiger partial charge in [0, 0.05) is 30.9 Å². The predicted octanol–water partition coefficient (Wildman–Crippen LogP) is 1.45. The molecule has 5 heteroatoms. The van der Waals surface area contributed by atoms with Gasteiger partial charge in [-0.15, -0.1) is 0 Å². The molecule has 0 aromatic heterocycles. The summed E-state index contributed by atoms with van der Waals surface area (Å²) in [5.74, 6) is -0.0127. The number of ether oxygens (including phenoxy) is 1. The molecule has 0 spiro atoms. The van der Waals surface area contributed by atoms with Crippen LogP contribution in [0.25, 0.3) is 0 Å². The van der Waals surface area contributed by atoms with Crippen molar-refractivity contribution in [1.29, 1.82) is 0 Å². The number of nitrogens with zero attached hydrogens (tertiary/aromatic N) is 1. The molecule has 0 aliphatic carbocycles. The van der Waals surface area contributed by atoms with Crippen LogP contribution in [-0.2, 0) is 4.74 Å². The molecule has 1 aliphatic heterocycles. The largest absolute Gasteiger partial charge is 0.378 e. The Bertz CT molecular complexity index is 752. The Morgan fingerprint density at radius 2 is 1.85 bits per heavy atom. The molecule has 3 rings (SSSR count). The van der Waals surface area contributed by atoms with E-state index in [1.165, 1.54) is 16.2 Å². The van der Waals surface area contributed by atoms with E-state index < -0.39 is 0 Å². The van der Waals surface area contributed by atoms with Gasteiger partial charge in [0.05, 0.1) is 19.8 Å². The summed E-state index contributed by atoms with van der Waals surface area (Å²) in [4.78, 5) is 16.2. The van der Waals surface area contributed by atoms with E-state index in [4.69, 9.17) is 4.74 Å². The van der Waals surface area contributed by atoms with Gasteiger partial charge in [-0.1, -0.05) is 29.8 Å². The van der Waals surface area contributed by atoms with Crippen LogP contribution < -0.4 is 15.1 Å². The second-order valence-corrected chi connectivity index (χ2v) is 7.39. The Hall–Kier alpha value is -2.37. The number of carbonyl (C=O) groups excluding carboxylic acids is 1. The van der Waals surface area contributed by atoms with Crippen LogP contribution >= 0.6 is 0 Å². The lowest BCUT2D eigenvalue weighted by Crippen LogP contribution is -3.15. The van der Waals surface area contributed by atoms with E-state index in [1.54, 1.807) is 0 Å². The second kappa shape index (κ2) is 9.02. The van der Waals surface area contributed by atoms with E-state index >= 15 is 0 Å². The highest BCUT2D eigenvalue weighted by molar-refractivity contribution is 5.94. The van der Waals surface area contributed by atoms with E-state index in [0.29, 0.717) is 12.1 Å². The van der Waals surface area contributed by atoms with Crippen LogP contribution in [-0.4, -0.2) is 52.9 Å². The number of anilines is 1. The number of hydrogen-bond acceptors (Lipinski definition) is 3. The molecule has 2 aromatic carbocycles. The number of nitrogens with one attached hydrogen (secondary N) is 2. The quantitative estimate of drug-likeness (QED) is 0.811. The first-order chi connectivity index (χ1) is 13.0. The van der Waals surface area contributed by atoms with Crippen molar-refractivity contribution >= 4 is 11.6 Å². The number of quaternary nitrogens is 1. The molecular weight excluding hydrogens is 338 g/mol. The molecule has 0 saturated carbocycles. The van der Waals surface area contributed by atoms with E-state index in [1.807, 2.05) is 45.3 Å². The molecular formula is C22H30N3O2+. The lowest BCUT2D eigenvalue weighted by molar-refractivity contribution is -0.937. The van der Waals surface area contributed by atoms with Crippen molar-refractivity contribution in [3.8, 4) is 0 Å². The van der Waals surface area contributed by atoms with Crippen LogP contribution in [0.3, 0.4) is 0 Å². The third kappa shape index (κ3) is 5.08. The zero-order valence-corrected chi connectivity index (χ0v) is 16.5. The first-order valence-electron chi connectivity index (χ1n) is 9.59. The Morgan fingerprint density at radius 1 is 1.15 bits per heavy atom. The Labute approximate surface area is 161 Å². The van der Waals surface area contributed by atoms with Gasteiger partial charge in [0.15, 0.2) is 0 Å². The maximum Gasteiger partial charge on any atom is 0.251 e. The average Bonchev–Trinajstić information content (AvgIpc) is 2.69. The van der Waals surface area contributed by atoms with Crippen molar-refractivity contribution in [1.82, 2.24) is 5.32 Å². The lowest BCUT2D eigenvalue weighted by Gasteiger charge is -2.32. The molecule has 1 atom stereocenters. The number of aryl methyl sites for hydroxylation is 1. The van der Waals surface area contributed by atoms with Crippen LogP contribution in [0.5, 0.6) is 0 Å². The van der Waals surface area contributed by atoms with Crippen molar-refractivity contribution in [2.75, 3.05) is 51.8 Å². The van der Waals surface area contributed by atoms with Crippen LogP contribution in [0.15, 0.2) is 48.5 Å². The summed E-state index contributed by atoms with van der Waals surface area (Å²) in [6.45, 7) is 6.08. The zero-order valence-electron chi connectivity index (χ0n) is 16.5. The molecule has 0 unspecified atom stereocenters. The smallest absolute Gasteiger partial charge is 0.251 e. The van der Waals surface area contributed by atoms with E-state index in [-0.39, 0.29) is 11.9 Å². The van der Waals surface area contributed by atoms with Gasteiger partial charge in [-0.2, -0.15) is 0 Å². The number of morpholine rings is 1. The molecule has 1 amide bonds. The summed E-state index contributed by atoms with van der Waals surface area (Å²) < 4.78 is 5.53. The zero-order chi connectivity index (χ0) is 19.2. The van der Waals surface area contributed by atoms with Gasteiger partial charge in [0.1, 0.15) is 19.1 Å². The second-order valence-electron chi connectivity index (χ2n) is 7.39. The number of carbonyl (C=O) groups is 1. The number of rotatable bonds is 6. The highest BCUT2D eigenvalue weighted by Crippen LogP contribution is 2.16. The van der Waals surface area contributed by atoms with Crippen LogP contribution in [0.4, 0.5) is 5.69 Å². The Kier molecular flexibility index (Phi) is 6.48. The van der Waals surface area contributed by atoms with Gasteiger partial charge in [0.2, 0.25) is 0 Å². The first-order valence-corrected chi connectivity index (χ1v) is 9.59. The lowest BCUT2D eigenvalue weighted by atomic mass is 10.0. The highest BCUT2D eigenvalue weighted by Gasteiger charge is 2.27. The predicted molar refractivity (Wildman–Crippen MR) is 109 cm³/mol. The molecule has 5 nitrogen and oxygen atoms in total. The molecule has 1 saturated heterocycles. The molecule has 0 bridgehead atoms. The first kappa shape index (κ1) is 19.4. The summed E-state index contributed by atoms with van der Waals surface area (Å²) in [6.07, 6.45) is 0. The molecule has 2 aromatic rings. The third-order valence-corrected chi connectivity index (χ3v) is 5.19. The number of benzene rings is 2. The van der Waals surface area contributed by atoms with Gasteiger partial charge in [-0.3, -0.25) is 4.79 Å². The van der Waals surface area contributed by atoms with Crippen molar-refractivity contribution in [2.45, 2.75) is 13.0 Å². The number of amides is 1. The normalized spacial score (nSPS) is 16.0. The topological polar surface area (TPSA) is 46.0 Å². The Morgan fingerprint density at radius 3 is 2.48 bits per heavy atom. The van der Waals surface area contributed by atoms with E-state index in [9.17, 15) is 4.79 Å². The fourth-order valence-corrected chi connectivity index (χ4v) is 3.57. The standard InChI is InChI=1S/C22H29N3O2/c1-17-5-4-6-19(15-17)22(26)23-16-21(25-11-13-27-14-12-25)18-7-9-20(10-8-18)24(2)3/h4-10,15,21H,11-14,16H2,1-3H3,(H,23,26)/p+1/t21-/m0/s1. The maximum atomic E-state index is 12.6.